The first-order valence-electron chi connectivity index (χ1n) is 39.2. The SMILES string of the molecule is CCCCCC/C=C\C=C/CCCCCCCC(=O)O[C@H](COC(=O)CCCCCCCCCCC(C)C)COP(=O)(O)OCC(O)COP(=O)(O)OC[C@@H](COC(=O)CCCCCCCCC(C)C)OC(=O)CCCCCCCCCCCCCCCCCCCCC(C)C. The molecule has 0 aromatic carbocycles. The highest BCUT2D eigenvalue weighted by atomic mass is 31.2. The van der Waals surface area contributed by atoms with Crippen LogP contribution >= 0.6 is 15.6 Å². The predicted molar refractivity (Wildman–Crippen MR) is 390 cm³/mol. The van der Waals surface area contributed by atoms with Crippen molar-refractivity contribution in [2.45, 2.75) is 388 Å². The zero-order valence-electron chi connectivity index (χ0n) is 62.3. The summed E-state index contributed by atoms with van der Waals surface area (Å²) < 4.78 is 68.4. The zero-order valence-corrected chi connectivity index (χ0v) is 64.1. The maximum absolute atomic E-state index is 13.1. The molecule has 96 heavy (non-hydrogen) atoms. The standard InChI is InChI=1S/C77H146O17P2/c1-8-9-10-11-12-13-14-15-20-24-27-30-37-46-53-60-76(81)93-72(64-87-74(79)58-51-44-36-33-32-35-42-49-56-69(4)5)66-91-95(83,84)89-62-71(78)63-90-96(85,86)92-67-73(65-88-75(80)59-52-45-40-39-43-50-57-70(6)7)94-77(82)61-54-47-38-31-28-25-22-19-17-16-18-21-23-26-29-34-41-48-55-68(2)3/h13-15,20,68-73,78H,8-12,16-19,21-67H2,1-7H3,(H,83,84)(H,85,86)/b14-13-,20-15-/t71?,72-,73-/m1/s1. The van der Waals surface area contributed by atoms with Crippen molar-refractivity contribution in [3.63, 3.8) is 0 Å². The molecule has 0 heterocycles. The van der Waals surface area contributed by atoms with E-state index in [4.69, 9.17) is 37.0 Å². The van der Waals surface area contributed by atoms with E-state index in [1.54, 1.807) is 0 Å². The molecule has 0 aliphatic heterocycles. The van der Waals surface area contributed by atoms with E-state index in [2.05, 4.69) is 72.8 Å². The number of unbranched alkanes of at least 4 members (excludes halogenated alkanes) is 38. The first-order chi connectivity index (χ1) is 46.2. The summed E-state index contributed by atoms with van der Waals surface area (Å²) in [6, 6.07) is 0. The maximum atomic E-state index is 13.1. The minimum absolute atomic E-state index is 0.0841. The van der Waals surface area contributed by atoms with E-state index >= 15 is 0 Å². The van der Waals surface area contributed by atoms with Crippen molar-refractivity contribution in [1.82, 2.24) is 0 Å². The van der Waals surface area contributed by atoms with Crippen molar-refractivity contribution < 1.29 is 80.2 Å². The van der Waals surface area contributed by atoms with Crippen LogP contribution in [-0.2, 0) is 65.4 Å². The molecule has 0 rings (SSSR count). The Morgan fingerprint density at radius 2 is 0.562 bits per heavy atom. The smallest absolute Gasteiger partial charge is 0.462 e. The van der Waals surface area contributed by atoms with E-state index in [0.29, 0.717) is 31.6 Å². The van der Waals surface area contributed by atoms with Crippen LogP contribution in [0.2, 0.25) is 0 Å². The van der Waals surface area contributed by atoms with Gasteiger partial charge in [0, 0.05) is 25.7 Å². The number of phosphoric ester groups is 2. The molecule has 0 radical (unpaired) electrons. The molecule has 0 aromatic rings. The van der Waals surface area contributed by atoms with Crippen LogP contribution in [0.25, 0.3) is 0 Å². The number of rotatable bonds is 73. The van der Waals surface area contributed by atoms with Gasteiger partial charge < -0.3 is 33.8 Å². The van der Waals surface area contributed by atoms with Crippen LogP contribution in [0.1, 0.15) is 370 Å². The lowest BCUT2D eigenvalue weighted by atomic mass is 10.0. The van der Waals surface area contributed by atoms with Crippen molar-refractivity contribution >= 4 is 39.5 Å². The first-order valence-corrected chi connectivity index (χ1v) is 42.2. The number of carbonyl (C=O) groups excluding carboxylic acids is 4. The number of phosphoric acid groups is 2. The van der Waals surface area contributed by atoms with Crippen LogP contribution in [0.5, 0.6) is 0 Å². The molecule has 0 aliphatic carbocycles. The van der Waals surface area contributed by atoms with Gasteiger partial charge in [-0.25, -0.2) is 9.13 Å². The van der Waals surface area contributed by atoms with Crippen LogP contribution in [-0.4, -0.2) is 96.7 Å². The van der Waals surface area contributed by atoms with Crippen molar-refractivity contribution in [3.8, 4) is 0 Å². The summed E-state index contributed by atoms with van der Waals surface area (Å²) in [6.45, 7) is 11.7. The zero-order chi connectivity index (χ0) is 70.9. The van der Waals surface area contributed by atoms with Crippen LogP contribution in [0.15, 0.2) is 24.3 Å². The van der Waals surface area contributed by atoms with E-state index in [-0.39, 0.29) is 25.7 Å². The number of hydrogen-bond donors (Lipinski definition) is 3. The maximum Gasteiger partial charge on any atom is 0.472 e. The molecule has 0 amide bonds. The monoisotopic (exact) mass is 1410 g/mol. The van der Waals surface area contributed by atoms with Crippen LogP contribution in [0, 0.1) is 17.8 Å². The summed E-state index contributed by atoms with van der Waals surface area (Å²) >= 11 is 0. The van der Waals surface area contributed by atoms with Crippen molar-refractivity contribution in [2.75, 3.05) is 39.6 Å². The van der Waals surface area contributed by atoms with E-state index in [0.717, 1.165) is 127 Å². The van der Waals surface area contributed by atoms with Crippen molar-refractivity contribution in [2.24, 2.45) is 17.8 Å². The van der Waals surface area contributed by atoms with Crippen LogP contribution in [0.3, 0.4) is 0 Å². The molecular formula is C77H146O17P2. The van der Waals surface area contributed by atoms with E-state index in [1.807, 2.05) is 0 Å². The Bertz CT molecular complexity index is 1960. The quantitative estimate of drug-likeness (QED) is 0.0169. The van der Waals surface area contributed by atoms with Gasteiger partial charge in [0.25, 0.3) is 0 Å². The van der Waals surface area contributed by atoms with Gasteiger partial charge in [-0.3, -0.25) is 37.3 Å². The van der Waals surface area contributed by atoms with Gasteiger partial charge in [-0.1, -0.05) is 317 Å². The molecule has 0 saturated carbocycles. The summed E-state index contributed by atoms with van der Waals surface area (Å²) in [6.07, 6.45) is 56.6. The molecule has 3 N–H and O–H groups in total. The van der Waals surface area contributed by atoms with Gasteiger partial charge in [0.1, 0.15) is 19.3 Å². The van der Waals surface area contributed by atoms with Crippen molar-refractivity contribution in [3.05, 3.63) is 24.3 Å². The van der Waals surface area contributed by atoms with Gasteiger partial charge in [0.15, 0.2) is 12.2 Å². The second kappa shape index (κ2) is 67.1. The molecule has 0 saturated heterocycles. The first kappa shape index (κ1) is 93.5. The minimum atomic E-state index is -4.96. The number of allylic oxidation sites excluding steroid dienone is 4. The fraction of sp³-hybridized carbons (Fsp3) is 0.896. The molecule has 5 atom stereocenters. The number of carbonyl (C=O) groups is 4. The van der Waals surface area contributed by atoms with Gasteiger partial charge in [-0.05, 0) is 69.1 Å². The Morgan fingerprint density at radius 1 is 0.323 bits per heavy atom. The van der Waals surface area contributed by atoms with Crippen LogP contribution < -0.4 is 0 Å². The Morgan fingerprint density at radius 3 is 0.844 bits per heavy atom. The fourth-order valence-electron chi connectivity index (χ4n) is 11.2. The van der Waals surface area contributed by atoms with Crippen molar-refractivity contribution in [1.29, 1.82) is 0 Å². The second-order valence-corrected chi connectivity index (χ2v) is 31.4. The summed E-state index contributed by atoms with van der Waals surface area (Å²) in [5, 5.41) is 10.6. The van der Waals surface area contributed by atoms with E-state index in [1.165, 1.54) is 154 Å². The van der Waals surface area contributed by atoms with Gasteiger partial charge in [0.05, 0.1) is 26.4 Å². The Labute approximate surface area is 586 Å². The topological polar surface area (TPSA) is 237 Å². The third-order valence-electron chi connectivity index (χ3n) is 17.3. The Kier molecular flexibility index (Phi) is 65.3. The molecule has 19 heteroatoms. The van der Waals surface area contributed by atoms with Crippen LogP contribution in [0.4, 0.5) is 0 Å². The lowest BCUT2D eigenvalue weighted by Crippen LogP contribution is -2.30. The number of hydrogen-bond acceptors (Lipinski definition) is 15. The molecule has 0 fully saturated rings. The number of ether oxygens (including phenoxy) is 4. The second-order valence-electron chi connectivity index (χ2n) is 28.5. The Hall–Kier alpha value is -2.46. The third-order valence-corrected chi connectivity index (χ3v) is 19.2. The summed E-state index contributed by atoms with van der Waals surface area (Å²) in [5.41, 5.74) is 0. The van der Waals surface area contributed by atoms with Gasteiger partial charge in [0.2, 0.25) is 0 Å². The number of aliphatic hydroxyl groups is 1. The highest BCUT2D eigenvalue weighted by molar-refractivity contribution is 7.47. The molecule has 3 unspecified atom stereocenters. The average molecular weight is 1410 g/mol. The largest absolute Gasteiger partial charge is 0.472 e. The fourth-order valence-corrected chi connectivity index (χ4v) is 12.8. The lowest BCUT2D eigenvalue weighted by molar-refractivity contribution is -0.161. The van der Waals surface area contributed by atoms with Gasteiger partial charge >= 0.3 is 39.5 Å². The summed E-state index contributed by atoms with van der Waals surface area (Å²) in [7, 11) is -9.92. The molecular weight excluding hydrogens is 1260 g/mol. The van der Waals surface area contributed by atoms with Gasteiger partial charge in [-0.2, -0.15) is 0 Å². The summed E-state index contributed by atoms with van der Waals surface area (Å²) in [5.74, 6) is 0.0688. The molecule has 0 spiro atoms. The Balaban J connectivity index is 5.20. The molecule has 566 valence electrons. The normalized spacial score (nSPS) is 14.2. The molecule has 17 nitrogen and oxygen atoms in total. The number of aliphatic hydroxyl groups excluding tert-OH is 1. The minimum Gasteiger partial charge on any atom is -0.462 e. The highest BCUT2D eigenvalue weighted by Crippen LogP contribution is 2.45. The molecule has 0 aromatic heterocycles. The number of esters is 4. The molecule has 0 aliphatic rings. The van der Waals surface area contributed by atoms with E-state index in [9.17, 15) is 43.2 Å². The summed E-state index contributed by atoms with van der Waals surface area (Å²) in [4.78, 5) is 72.7. The molecule has 0 bridgehead atoms. The highest BCUT2D eigenvalue weighted by Gasteiger charge is 2.30. The average Bonchev–Trinajstić information content (AvgIpc) is 1.69. The third kappa shape index (κ3) is 70.0. The lowest BCUT2D eigenvalue weighted by Gasteiger charge is -2.21. The van der Waals surface area contributed by atoms with Gasteiger partial charge in [-0.15, -0.1) is 0 Å². The van der Waals surface area contributed by atoms with E-state index < -0.39 is 97.5 Å². The predicted octanol–water partition coefficient (Wildman–Crippen LogP) is 22.1.